The van der Waals surface area contributed by atoms with Crippen LogP contribution in [0.2, 0.25) is 0 Å². The van der Waals surface area contributed by atoms with Gasteiger partial charge < -0.3 is 9.63 Å². The summed E-state index contributed by atoms with van der Waals surface area (Å²) in [6.07, 6.45) is -0.531. The third-order valence-electron chi connectivity index (χ3n) is 2.92. The minimum Gasteiger partial charge on any atom is -0.481 e. The highest BCUT2D eigenvalue weighted by Crippen LogP contribution is 2.18. The van der Waals surface area contributed by atoms with E-state index in [1.807, 2.05) is 0 Å². The highest BCUT2D eigenvalue weighted by molar-refractivity contribution is 7.89. The Morgan fingerprint density at radius 1 is 1.48 bits per heavy atom. The molecule has 0 bridgehead atoms. The molecule has 2 aromatic rings. The summed E-state index contributed by atoms with van der Waals surface area (Å²) in [5, 5.41) is 12.2. The second kappa shape index (κ2) is 6.42. The fraction of sp³-hybridized carbons (Fsp3) is 0.308. The Hall–Kier alpha value is -2.33. The third-order valence-corrected chi connectivity index (χ3v) is 4.46. The van der Waals surface area contributed by atoms with Crippen molar-refractivity contribution < 1.29 is 27.2 Å². The van der Waals surface area contributed by atoms with Crippen molar-refractivity contribution in [1.82, 2.24) is 14.9 Å². The number of carbonyl (C=O) groups is 1. The summed E-state index contributed by atoms with van der Waals surface area (Å²) in [6.45, 7) is 3.09. The van der Waals surface area contributed by atoms with Crippen LogP contribution in [-0.2, 0) is 21.2 Å². The predicted molar refractivity (Wildman–Crippen MR) is 75.5 cm³/mol. The van der Waals surface area contributed by atoms with Crippen molar-refractivity contribution in [2.75, 3.05) is 0 Å². The smallest absolute Gasteiger partial charge is 0.307 e. The van der Waals surface area contributed by atoms with Gasteiger partial charge in [-0.2, -0.15) is 9.71 Å². The number of rotatable bonds is 6. The van der Waals surface area contributed by atoms with Crippen LogP contribution in [0.4, 0.5) is 4.39 Å². The molecule has 0 aliphatic rings. The highest BCUT2D eigenvalue weighted by atomic mass is 32.2. The SMILES string of the molecule is Cc1noc(C(C)NS(=O)(=O)c2ccc(CC(=O)O)c(F)c2)n1. The van der Waals surface area contributed by atoms with Crippen LogP contribution in [0.25, 0.3) is 0 Å². The van der Waals surface area contributed by atoms with Gasteiger partial charge in [-0.25, -0.2) is 12.8 Å². The molecule has 2 N–H and O–H groups in total. The number of carboxylic acids is 1. The van der Waals surface area contributed by atoms with Crippen molar-refractivity contribution in [3.05, 3.63) is 41.3 Å². The number of halogens is 1. The second-order valence-corrected chi connectivity index (χ2v) is 6.56. The lowest BCUT2D eigenvalue weighted by molar-refractivity contribution is -0.136. The lowest BCUT2D eigenvalue weighted by Gasteiger charge is -2.11. The van der Waals surface area contributed by atoms with E-state index in [0.717, 1.165) is 18.2 Å². The molecule has 0 spiro atoms. The standard InChI is InChI=1S/C13H14FN3O5S/c1-7(13-15-8(2)16-22-13)17-23(20,21)10-4-3-9(5-12(18)19)11(14)6-10/h3-4,6-7,17H,5H2,1-2H3,(H,18,19). The maximum Gasteiger partial charge on any atom is 0.307 e. The van der Waals surface area contributed by atoms with Gasteiger partial charge in [0.15, 0.2) is 5.82 Å². The zero-order valence-electron chi connectivity index (χ0n) is 12.3. The Morgan fingerprint density at radius 3 is 2.70 bits per heavy atom. The fourth-order valence-electron chi connectivity index (χ4n) is 1.84. The molecule has 1 heterocycles. The number of benzene rings is 1. The maximum absolute atomic E-state index is 13.8. The van der Waals surface area contributed by atoms with Gasteiger partial charge in [-0.3, -0.25) is 4.79 Å². The van der Waals surface area contributed by atoms with Crippen LogP contribution in [0.5, 0.6) is 0 Å². The van der Waals surface area contributed by atoms with Crippen molar-refractivity contribution in [2.45, 2.75) is 31.2 Å². The van der Waals surface area contributed by atoms with Gasteiger partial charge in [-0.05, 0) is 31.5 Å². The van der Waals surface area contributed by atoms with Crippen molar-refractivity contribution in [3.63, 3.8) is 0 Å². The van der Waals surface area contributed by atoms with E-state index in [1.165, 1.54) is 6.92 Å². The summed E-state index contributed by atoms with van der Waals surface area (Å²) in [7, 11) is -4.03. The summed E-state index contributed by atoms with van der Waals surface area (Å²) in [5.41, 5.74) is -0.1000. The van der Waals surface area contributed by atoms with Gasteiger partial charge in [-0.1, -0.05) is 11.2 Å². The zero-order chi connectivity index (χ0) is 17.2. The molecule has 2 rings (SSSR count). The van der Waals surface area contributed by atoms with Gasteiger partial charge in [0, 0.05) is 0 Å². The first kappa shape index (κ1) is 17.0. The molecule has 0 saturated heterocycles. The fourth-order valence-corrected chi connectivity index (χ4v) is 3.05. The van der Waals surface area contributed by atoms with Gasteiger partial charge in [0.05, 0.1) is 17.4 Å². The summed E-state index contributed by atoms with van der Waals surface area (Å²) < 4.78 is 45.4. The van der Waals surface area contributed by atoms with Gasteiger partial charge in [0.2, 0.25) is 15.9 Å². The minimum absolute atomic E-state index is 0.0778. The Kier molecular flexibility index (Phi) is 4.76. The summed E-state index contributed by atoms with van der Waals surface area (Å²) in [5.74, 6) is -1.68. The lowest BCUT2D eigenvalue weighted by atomic mass is 10.1. The van der Waals surface area contributed by atoms with Crippen LogP contribution in [0, 0.1) is 12.7 Å². The number of hydrogen-bond acceptors (Lipinski definition) is 6. The number of aryl methyl sites for hydroxylation is 1. The molecule has 8 nitrogen and oxygen atoms in total. The first-order valence-corrected chi connectivity index (χ1v) is 8.00. The van der Waals surface area contributed by atoms with Crippen LogP contribution in [0.3, 0.4) is 0 Å². The van der Waals surface area contributed by atoms with E-state index in [9.17, 15) is 17.6 Å². The van der Waals surface area contributed by atoms with Crippen molar-refractivity contribution in [3.8, 4) is 0 Å². The van der Waals surface area contributed by atoms with Crippen LogP contribution >= 0.6 is 0 Å². The summed E-state index contributed by atoms with van der Waals surface area (Å²) >= 11 is 0. The van der Waals surface area contributed by atoms with Crippen LogP contribution in [0.15, 0.2) is 27.6 Å². The first-order chi connectivity index (χ1) is 10.7. The average molecular weight is 343 g/mol. The highest BCUT2D eigenvalue weighted by Gasteiger charge is 2.23. The zero-order valence-corrected chi connectivity index (χ0v) is 13.1. The molecule has 0 fully saturated rings. The Labute approximate surface area is 131 Å². The molecule has 0 saturated carbocycles. The molecule has 1 atom stereocenters. The Balaban J connectivity index is 2.22. The summed E-state index contributed by atoms with van der Waals surface area (Å²) in [4.78, 5) is 14.2. The quantitative estimate of drug-likeness (QED) is 0.807. The predicted octanol–water partition coefficient (Wildman–Crippen LogP) is 1.18. The van der Waals surface area contributed by atoms with E-state index in [0.29, 0.717) is 5.82 Å². The largest absolute Gasteiger partial charge is 0.481 e. The molecule has 0 aliphatic heterocycles. The molecule has 0 amide bonds. The van der Waals surface area contributed by atoms with E-state index in [1.54, 1.807) is 6.92 Å². The maximum atomic E-state index is 13.8. The number of nitrogens with one attached hydrogen (secondary N) is 1. The number of aromatic nitrogens is 2. The van der Waals surface area contributed by atoms with E-state index in [2.05, 4.69) is 14.9 Å². The molecule has 10 heteroatoms. The van der Waals surface area contributed by atoms with Crippen molar-refractivity contribution in [1.29, 1.82) is 0 Å². The first-order valence-electron chi connectivity index (χ1n) is 6.52. The van der Waals surface area contributed by atoms with Gasteiger partial charge >= 0.3 is 5.97 Å². The average Bonchev–Trinajstić information content (AvgIpc) is 2.87. The molecule has 1 aromatic carbocycles. The third kappa shape index (κ3) is 4.11. The van der Waals surface area contributed by atoms with Crippen LogP contribution in [-0.4, -0.2) is 29.6 Å². The molecule has 0 aliphatic carbocycles. The Bertz CT molecular complexity index is 834. The molecular formula is C13H14FN3O5S. The summed E-state index contributed by atoms with van der Waals surface area (Å²) in [6, 6.07) is 2.23. The van der Waals surface area contributed by atoms with Gasteiger partial charge in [0.25, 0.3) is 0 Å². The van der Waals surface area contributed by atoms with Gasteiger partial charge in [0.1, 0.15) is 5.82 Å². The second-order valence-electron chi connectivity index (χ2n) is 4.85. The molecule has 23 heavy (non-hydrogen) atoms. The number of hydrogen-bond donors (Lipinski definition) is 2. The van der Waals surface area contributed by atoms with Crippen LogP contribution in [0.1, 0.15) is 30.2 Å². The lowest BCUT2D eigenvalue weighted by Crippen LogP contribution is -2.27. The van der Waals surface area contributed by atoms with E-state index >= 15 is 0 Å². The Morgan fingerprint density at radius 2 is 2.17 bits per heavy atom. The number of nitrogens with zero attached hydrogens (tertiary/aromatic N) is 2. The molecule has 124 valence electrons. The monoisotopic (exact) mass is 343 g/mol. The minimum atomic E-state index is -4.03. The normalized spacial score (nSPS) is 13.0. The van der Waals surface area contributed by atoms with E-state index < -0.39 is 34.3 Å². The van der Waals surface area contributed by atoms with Crippen molar-refractivity contribution >= 4 is 16.0 Å². The molecular weight excluding hydrogens is 329 g/mol. The van der Waals surface area contributed by atoms with Gasteiger partial charge in [-0.15, -0.1) is 0 Å². The number of aliphatic carboxylic acids is 1. The van der Waals surface area contributed by atoms with E-state index in [-0.39, 0.29) is 16.3 Å². The molecule has 1 unspecified atom stereocenters. The number of sulfonamides is 1. The number of carboxylic acid groups (broad SMARTS) is 1. The van der Waals surface area contributed by atoms with Crippen LogP contribution < -0.4 is 4.72 Å². The molecule has 0 radical (unpaired) electrons. The topological polar surface area (TPSA) is 122 Å². The molecule has 1 aromatic heterocycles. The van der Waals surface area contributed by atoms with E-state index in [4.69, 9.17) is 9.63 Å². The van der Waals surface area contributed by atoms with Crippen molar-refractivity contribution in [2.24, 2.45) is 0 Å².